The Morgan fingerprint density at radius 3 is 2.32 bits per heavy atom. The van der Waals surface area contributed by atoms with E-state index in [-0.39, 0.29) is 24.3 Å². The van der Waals surface area contributed by atoms with E-state index in [4.69, 9.17) is 28.4 Å². The van der Waals surface area contributed by atoms with Crippen LogP contribution < -0.4 is 0 Å². The molecule has 1 spiro atoms. The summed E-state index contributed by atoms with van der Waals surface area (Å²) < 4.78 is 35.2. The number of esters is 1. The summed E-state index contributed by atoms with van der Waals surface area (Å²) >= 11 is 0. The number of carbonyl (C=O) groups is 1. The minimum Gasteiger partial charge on any atom is -0.430 e. The number of hydrogen-bond acceptors (Lipinski definition) is 7. The first-order chi connectivity index (χ1) is 10.2. The molecule has 5 atom stereocenters. The van der Waals surface area contributed by atoms with Crippen molar-refractivity contribution in [2.75, 3.05) is 6.61 Å². The number of carbonyl (C=O) groups excluding carboxylic acids is 1. The molecule has 0 aromatic rings. The van der Waals surface area contributed by atoms with E-state index in [2.05, 4.69) is 0 Å². The largest absolute Gasteiger partial charge is 0.430 e. The molecule has 4 saturated heterocycles. The van der Waals surface area contributed by atoms with Crippen LogP contribution in [0.5, 0.6) is 0 Å². The van der Waals surface area contributed by atoms with E-state index < -0.39 is 23.5 Å². The number of ether oxygens (including phenoxy) is 6. The topological polar surface area (TPSA) is 72.5 Å². The third-order valence-electron chi connectivity index (χ3n) is 4.58. The van der Waals surface area contributed by atoms with Crippen LogP contribution in [-0.2, 0) is 33.2 Å². The Morgan fingerprint density at radius 1 is 0.955 bits per heavy atom. The van der Waals surface area contributed by atoms with E-state index in [0.29, 0.717) is 19.4 Å². The maximum atomic E-state index is 11.6. The molecule has 7 nitrogen and oxygen atoms in total. The van der Waals surface area contributed by atoms with Crippen LogP contribution in [0.15, 0.2) is 0 Å². The van der Waals surface area contributed by atoms with Gasteiger partial charge >= 0.3 is 5.97 Å². The predicted molar refractivity (Wildman–Crippen MR) is 71.7 cm³/mol. The van der Waals surface area contributed by atoms with Gasteiger partial charge in [0.15, 0.2) is 17.7 Å². The Balaban J connectivity index is 1.62. The van der Waals surface area contributed by atoms with Crippen molar-refractivity contribution in [1.29, 1.82) is 0 Å². The van der Waals surface area contributed by atoms with Gasteiger partial charge in [-0.3, -0.25) is 4.79 Å². The average Bonchev–Trinajstić information content (AvgIpc) is 3.08. The highest BCUT2D eigenvalue weighted by Gasteiger charge is 2.68. The monoisotopic (exact) mass is 314 g/mol. The average molecular weight is 314 g/mol. The SMILES string of the molecule is CC1(C)OC[C@H]([C@H]2O[C@@]3(CCC(=O)O3)[C@H]3OC(C)(C)O[C@@H]23)O1. The van der Waals surface area contributed by atoms with Gasteiger partial charge < -0.3 is 28.4 Å². The van der Waals surface area contributed by atoms with Crippen molar-refractivity contribution in [3.05, 3.63) is 0 Å². The zero-order valence-electron chi connectivity index (χ0n) is 13.3. The van der Waals surface area contributed by atoms with Gasteiger partial charge in [0.2, 0.25) is 5.79 Å². The molecule has 4 heterocycles. The molecular formula is C15H22O7. The summed E-state index contributed by atoms with van der Waals surface area (Å²) in [5.74, 6) is -2.72. The van der Waals surface area contributed by atoms with Gasteiger partial charge in [0.05, 0.1) is 13.0 Å². The fourth-order valence-corrected chi connectivity index (χ4v) is 3.75. The normalized spacial score (nSPS) is 48.8. The van der Waals surface area contributed by atoms with E-state index in [0.717, 1.165) is 0 Å². The van der Waals surface area contributed by atoms with Crippen LogP contribution in [0.4, 0.5) is 0 Å². The molecule has 0 N–H and O–H groups in total. The molecule has 4 aliphatic heterocycles. The summed E-state index contributed by atoms with van der Waals surface area (Å²) in [6.45, 7) is 7.84. The lowest BCUT2D eigenvalue weighted by Crippen LogP contribution is -2.43. The summed E-state index contributed by atoms with van der Waals surface area (Å²) in [5, 5.41) is 0. The van der Waals surface area contributed by atoms with Gasteiger partial charge in [-0.2, -0.15) is 0 Å². The molecule has 4 fully saturated rings. The molecule has 0 amide bonds. The third kappa shape index (κ3) is 2.18. The van der Waals surface area contributed by atoms with E-state index in [1.54, 1.807) is 0 Å². The summed E-state index contributed by atoms with van der Waals surface area (Å²) in [6, 6.07) is 0. The van der Waals surface area contributed by atoms with Gasteiger partial charge in [-0.15, -0.1) is 0 Å². The van der Waals surface area contributed by atoms with Crippen LogP contribution >= 0.6 is 0 Å². The van der Waals surface area contributed by atoms with Crippen molar-refractivity contribution in [2.45, 2.75) is 82.3 Å². The Bertz CT molecular complexity index is 502. The van der Waals surface area contributed by atoms with Crippen LogP contribution in [-0.4, -0.2) is 54.4 Å². The fourth-order valence-electron chi connectivity index (χ4n) is 3.75. The summed E-state index contributed by atoms with van der Waals surface area (Å²) in [6.07, 6.45) is -0.652. The molecule has 0 unspecified atom stereocenters. The maximum absolute atomic E-state index is 11.6. The zero-order chi connectivity index (χ0) is 15.8. The molecule has 0 saturated carbocycles. The quantitative estimate of drug-likeness (QED) is 0.671. The Kier molecular flexibility index (Phi) is 2.98. The molecular weight excluding hydrogens is 292 g/mol. The van der Waals surface area contributed by atoms with Gasteiger partial charge in [-0.25, -0.2) is 0 Å². The number of hydrogen-bond donors (Lipinski definition) is 0. The second-order valence-corrected chi connectivity index (χ2v) is 7.26. The summed E-state index contributed by atoms with van der Waals surface area (Å²) in [7, 11) is 0. The molecule has 7 heteroatoms. The Morgan fingerprint density at radius 2 is 1.73 bits per heavy atom. The Hall–Kier alpha value is -0.730. The standard InChI is InChI=1S/C15H22O7/c1-13(2)17-7-8(18-13)10-11-12(22-14(3,4)20-11)15(21-10)6-5-9(16)19-15/h8,10-12H,5-7H2,1-4H3/t8-,10-,11+,12+,15+/m1/s1. The van der Waals surface area contributed by atoms with Crippen molar-refractivity contribution >= 4 is 5.97 Å². The number of rotatable bonds is 1. The van der Waals surface area contributed by atoms with Gasteiger partial charge in [0.25, 0.3) is 0 Å². The van der Waals surface area contributed by atoms with Gasteiger partial charge in [-0.05, 0) is 27.7 Å². The van der Waals surface area contributed by atoms with E-state index >= 15 is 0 Å². The van der Waals surface area contributed by atoms with E-state index in [1.165, 1.54) is 0 Å². The lowest BCUT2D eigenvalue weighted by atomic mass is 10.0. The predicted octanol–water partition coefficient (Wildman–Crippen LogP) is 1.09. The van der Waals surface area contributed by atoms with Crippen molar-refractivity contribution in [1.82, 2.24) is 0 Å². The van der Waals surface area contributed by atoms with Crippen molar-refractivity contribution in [2.24, 2.45) is 0 Å². The van der Waals surface area contributed by atoms with Gasteiger partial charge in [-0.1, -0.05) is 0 Å². The van der Waals surface area contributed by atoms with Crippen molar-refractivity contribution in [3.63, 3.8) is 0 Å². The molecule has 0 radical (unpaired) electrons. The van der Waals surface area contributed by atoms with Gasteiger partial charge in [0.1, 0.15) is 18.3 Å². The first-order valence-corrected chi connectivity index (χ1v) is 7.77. The fraction of sp³-hybridized carbons (Fsp3) is 0.933. The molecule has 0 aromatic carbocycles. The number of fused-ring (bicyclic) bond motifs is 2. The zero-order valence-corrected chi connectivity index (χ0v) is 13.3. The minimum atomic E-state index is -1.06. The van der Waals surface area contributed by atoms with E-state index in [1.807, 2.05) is 27.7 Å². The molecule has 4 aliphatic rings. The van der Waals surface area contributed by atoms with Crippen LogP contribution in [0.25, 0.3) is 0 Å². The maximum Gasteiger partial charge on any atom is 0.308 e. The molecule has 0 aliphatic carbocycles. The first-order valence-electron chi connectivity index (χ1n) is 7.77. The lowest BCUT2D eigenvalue weighted by molar-refractivity contribution is -0.281. The molecule has 124 valence electrons. The third-order valence-corrected chi connectivity index (χ3v) is 4.58. The molecule has 0 aromatic heterocycles. The molecule has 4 rings (SSSR count). The smallest absolute Gasteiger partial charge is 0.308 e. The Labute approximate surface area is 129 Å². The van der Waals surface area contributed by atoms with Crippen molar-refractivity contribution in [3.8, 4) is 0 Å². The highest BCUT2D eigenvalue weighted by atomic mass is 16.8. The van der Waals surface area contributed by atoms with Crippen molar-refractivity contribution < 1.29 is 33.2 Å². The highest BCUT2D eigenvalue weighted by molar-refractivity contribution is 5.72. The van der Waals surface area contributed by atoms with Crippen LogP contribution in [0.3, 0.4) is 0 Å². The summed E-state index contributed by atoms with van der Waals surface area (Å²) in [4.78, 5) is 11.6. The molecule has 0 bridgehead atoms. The van der Waals surface area contributed by atoms with Gasteiger partial charge in [0, 0.05) is 6.42 Å². The second kappa shape index (κ2) is 4.42. The molecule has 22 heavy (non-hydrogen) atoms. The lowest BCUT2D eigenvalue weighted by Gasteiger charge is -2.30. The first kappa shape index (κ1) is 14.8. The van der Waals surface area contributed by atoms with Crippen LogP contribution in [0.1, 0.15) is 40.5 Å². The van der Waals surface area contributed by atoms with Crippen LogP contribution in [0.2, 0.25) is 0 Å². The highest BCUT2D eigenvalue weighted by Crippen LogP contribution is 2.50. The van der Waals surface area contributed by atoms with E-state index in [9.17, 15) is 4.79 Å². The second-order valence-electron chi connectivity index (χ2n) is 7.26. The minimum absolute atomic E-state index is 0.267. The van der Waals surface area contributed by atoms with Crippen LogP contribution in [0, 0.1) is 0 Å². The summed E-state index contributed by atoms with van der Waals surface area (Å²) in [5.41, 5.74) is 0.